The van der Waals surface area contributed by atoms with E-state index in [1.807, 2.05) is 0 Å². The Morgan fingerprint density at radius 1 is 1.29 bits per heavy atom. The molecule has 1 saturated heterocycles. The number of likely N-dealkylation sites (tertiary alicyclic amines) is 1. The summed E-state index contributed by atoms with van der Waals surface area (Å²) in [7, 11) is 0. The number of aliphatic carboxylic acids is 1. The second kappa shape index (κ2) is 4.49. The first-order valence-electron chi connectivity index (χ1n) is 5.99. The van der Waals surface area contributed by atoms with E-state index in [2.05, 4.69) is 37.8 Å². The molecule has 1 aromatic rings. The van der Waals surface area contributed by atoms with Crippen molar-refractivity contribution in [1.82, 2.24) is 4.90 Å². The maximum atomic E-state index is 10.7. The third kappa shape index (κ3) is 2.50. The lowest BCUT2D eigenvalue weighted by atomic mass is 9.95. The molecule has 0 bridgehead atoms. The third-order valence-corrected chi connectivity index (χ3v) is 3.53. The zero-order chi connectivity index (χ0) is 12.6. The highest BCUT2D eigenvalue weighted by Gasteiger charge is 2.32. The number of hydrogen-bond acceptors (Lipinski definition) is 2. The van der Waals surface area contributed by atoms with Crippen LogP contribution in [-0.2, 0) is 11.3 Å². The molecule has 1 heterocycles. The van der Waals surface area contributed by atoms with Crippen LogP contribution in [0.5, 0.6) is 0 Å². The normalized spacial score (nSPS) is 16.9. The Bertz CT molecular complexity index is 425. The minimum absolute atomic E-state index is 0.166. The summed E-state index contributed by atoms with van der Waals surface area (Å²) in [4.78, 5) is 12.9. The Kier molecular flexibility index (Phi) is 3.20. The highest BCUT2D eigenvalue weighted by Crippen LogP contribution is 2.23. The van der Waals surface area contributed by atoms with Crippen molar-refractivity contribution in [3.8, 4) is 0 Å². The summed E-state index contributed by atoms with van der Waals surface area (Å²) in [5, 5.41) is 8.84. The summed E-state index contributed by atoms with van der Waals surface area (Å²) in [5.41, 5.74) is 5.25. The van der Waals surface area contributed by atoms with E-state index in [0.29, 0.717) is 13.1 Å². The molecule has 1 aliphatic rings. The first-order chi connectivity index (χ1) is 7.97. The summed E-state index contributed by atoms with van der Waals surface area (Å²) in [6.45, 7) is 8.60. The molecule has 3 heteroatoms. The zero-order valence-electron chi connectivity index (χ0n) is 10.7. The van der Waals surface area contributed by atoms with E-state index >= 15 is 0 Å². The molecule has 1 N–H and O–H groups in total. The minimum Gasteiger partial charge on any atom is -0.481 e. The van der Waals surface area contributed by atoms with Gasteiger partial charge in [0.2, 0.25) is 0 Å². The largest absolute Gasteiger partial charge is 0.481 e. The molecule has 0 radical (unpaired) electrons. The van der Waals surface area contributed by atoms with Crippen LogP contribution in [-0.4, -0.2) is 29.1 Å². The molecule has 1 aromatic carbocycles. The number of carbonyl (C=O) groups is 1. The van der Waals surface area contributed by atoms with Crippen molar-refractivity contribution in [3.63, 3.8) is 0 Å². The Hall–Kier alpha value is -1.35. The van der Waals surface area contributed by atoms with Crippen LogP contribution in [0.1, 0.15) is 22.3 Å². The van der Waals surface area contributed by atoms with Gasteiger partial charge in [-0.3, -0.25) is 9.69 Å². The molecule has 3 nitrogen and oxygen atoms in total. The molecule has 0 amide bonds. The fourth-order valence-corrected chi connectivity index (χ4v) is 2.54. The van der Waals surface area contributed by atoms with Crippen LogP contribution < -0.4 is 0 Å². The average molecular weight is 233 g/mol. The van der Waals surface area contributed by atoms with Crippen molar-refractivity contribution in [2.75, 3.05) is 13.1 Å². The van der Waals surface area contributed by atoms with Gasteiger partial charge < -0.3 is 5.11 Å². The molecule has 1 aliphatic heterocycles. The average Bonchev–Trinajstić information content (AvgIpc) is 2.12. The highest BCUT2D eigenvalue weighted by atomic mass is 16.4. The molecule has 2 rings (SSSR count). The molecule has 0 unspecified atom stereocenters. The first kappa shape index (κ1) is 12.1. The first-order valence-corrected chi connectivity index (χ1v) is 5.99. The van der Waals surface area contributed by atoms with E-state index in [0.717, 1.165) is 6.54 Å². The van der Waals surface area contributed by atoms with Gasteiger partial charge in [0.1, 0.15) is 0 Å². The van der Waals surface area contributed by atoms with E-state index in [1.54, 1.807) is 0 Å². The van der Waals surface area contributed by atoms with Gasteiger partial charge in [-0.1, -0.05) is 17.7 Å². The van der Waals surface area contributed by atoms with Gasteiger partial charge in [-0.15, -0.1) is 0 Å². The molecule has 92 valence electrons. The topological polar surface area (TPSA) is 40.5 Å². The SMILES string of the molecule is Cc1cc(C)c(CN2CC(C(=O)O)C2)c(C)c1. The van der Waals surface area contributed by atoms with E-state index in [4.69, 9.17) is 5.11 Å². The van der Waals surface area contributed by atoms with Crippen molar-refractivity contribution < 1.29 is 9.90 Å². The predicted molar refractivity (Wildman–Crippen MR) is 67.1 cm³/mol. The van der Waals surface area contributed by atoms with Gasteiger partial charge in [-0.2, -0.15) is 0 Å². The maximum Gasteiger partial charge on any atom is 0.309 e. The van der Waals surface area contributed by atoms with Crippen LogP contribution in [0.2, 0.25) is 0 Å². The number of hydrogen-bond donors (Lipinski definition) is 1. The van der Waals surface area contributed by atoms with Gasteiger partial charge in [-0.05, 0) is 37.5 Å². The fraction of sp³-hybridized carbons (Fsp3) is 0.500. The molecular formula is C14H19NO2. The van der Waals surface area contributed by atoms with Crippen LogP contribution in [0, 0.1) is 26.7 Å². The van der Waals surface area contributed by atoms with Crippen LogP contribution in [0.3, 0.4) is 0 Å². The highest BCUT2D eigenvalue weighted by molar-refractivity contribution is 5.71. The Morgan fingerprint density at radius 3 is 2.29 bits per heavy atom. The number of carboxylic acids is 1. The lowest BCUT2D eigenvalue weighted by Gasteiger charge is -2.37. The Morgan fingerprint density at radius 2 is 1.82 bits per heavy atom. The fourth-order valence-electron chi connectivity index (χ4n) is 2.54. The predicted octanol–water partition coefficient (Wildman–Crippen LogP) is 2.13. The zero-order valence-corrected chi connectivity index (χ0v) is 10.7. The number of carboxylic acid groups (broad SMARTS) is 1. The monoisotopic (exact) mass is 233 g/mol. The lowest BCUT2D eigenvalue weighted by Crippen LogP contribution is -2.49. The lowest BCUT2D eigenvalue weighted by molar-refractivity contribution is -0.147. The van der Waals surface area contributed by atoms with Crippen molar-refractivity contribution in [2.24, 2.45) is 5.92 Å². The van der Waals surface area contributed by atoms with E-state index in [-0.39, 0.29) is 5.92 Å². The van der Waals surface area contributed by atoms with Crippen molar-refractivity contribution >= 4 is 5.97 Å². The summed E-state index contributed by atoms with van der Waals surface area (Å²) in [6.07, 6.45) is 0. The minimum atomic E-state index is -0.668. The Labute approximate surface area is 102 Å². The molecule has 0 aliphatic carbocycles. The van der Waals surface area contributed by atoms with Crippen LogP contribution >= 0.6 is 0 Å². The molecular weight excluding hydrogens is 214 g/mol. The summed E-state index contributed by atoms with van der Waals surface area (Å²) in [6, 6.07) is 4.38. The van der Waals surface area contributed by atoms with E-state index in [1.165, 1.54) is 22.3 Å². The van der Waals surface area contributed by atoms with Gasteiger partial charge in [0.05, 0.1) is 5.92 Å². The van der Waals surface area contributed by atoms with Crippen LogP contribution in [0.4, 0.5) is 0 Å². The molecule has 0 atom stereocenters. The molecule has 0 aromatic heterocycles. The van der Waals surface area contributed by atoms with Gasteiger partial charge >= 0.3 is 5.97 Å². The third-order valence-electron chi connectivity index (χ3n) is 3.53. The van der Waals surface area contributed by atoms with Gasteiger partial charge in [0, 0.05) is 19.6 Å². The smallest absolute Gasteiger partial charge is 0.309 e. The van der Waals surface area contributed by atoms with E-state index < -0.39 is 5.97 Å². The van der Waals surface area contributed by atoms with Crippen LogP contribution in [0.15, 0.2) is 12.1 Å². The molecule has 0 saturated carbocycles. The number of nitrogens with zero attached hydrogens (tertiary/aromatic N) is 1. The summed E-state index contributed by atoms with van der Waals surface area (Å²) >= 11 is 0. The Balaban J connectivity index is 2.04. The molecule has 1 fully saturated rings. The van der Waals surface area contributed by atoms with Gasteiger partial charge in [-0.25, -0.2) is 0 Å². The molecule has 17 heavy (non-hydrogen) atoms. The van der Waals surface area contributed by atoms with Crippen molar-refractivity contribution in [1.29, 1.82) is 0 Å². The number of benzene rings is 1. The summed E-state index contributed by atoms with van der Waals surface area (Å²) < 4.78 is 0. The van der Waals surface area contributed by atoms with Crippen molar-refractivity contribution in [2.45, 2.75) is 27.3 Å². The maximum absolute atomic E-state index is 10.7. The summed E-state index contributed by atoms with van der Waals surface area (Å²) in [5.74, 6) is -0.834. The second-order valence-electron chi connectivity index (χ2n) is 5.11. The standard InChI is InChI=1S/C14H19NO2/c1-9-4-10(2)13(11(3)5-9)8-15-6-12(7-15)14(16)17/h4-5,12H,6-8H2,1-3H3,(H,16,17). The van der Waals surface area contributed by atoms with Gasteiger partial charge in [0.25, 0.3) is 0 Å². The molecule has 0 spiro atoms. The van der Waals surface area contributed by atoms with E-state index in [9.17, 15) is 4.79 Å². The van der Waals surface area contributed by atoms with Crippen molar-refractivity contribution in [3.05, 3.63) is 34.4 Å². The van der Waals surface area contributed by atoms with Gasteiger partial charge in [0.15, 0.2) is 0 Å². The second-order valence-corrected chi connectivity index (χ2v) is 5.11. The quantitative estimate of drug-likeness (QED) is 0.869. The number of rotatable bonds is 3. The number of aryl methyl sites for hydroxylation is 3. The van der Waals surface area contributed by atoms with Crippen LogP contribution in [0.25, 0.3) is 0 Å².